The van der Waals surface area contributed by atoms with Gasteiger partial charge in [-0.3, -0.25) is 4.79 Å². The van der Waals surface area contributed by atoms with Crippen molar-refractivity contribution in [1.82, 2.24) is 0 Å². The number of amides is 1. The molecule has 0 spiro atoms. The minimum absolute atomic E-state index is 0.184. The van der Waals surface area contributed by atoms with E-state index in [1.807, 2.05) is 0 Å². The Hall–Kier alpha value is -2.34. The average Bonchev–Trinajstić information content (AvgIpc) is 2.47. The minimum atomic E-state index is -3.26. The molecule has 0 aromatic heterocycles. The first-order valence-electron chi connectivity index (χ1n) is 6.15. The molecule has 0 heterocycles. The first-order chi connectivity index (χ1) is 9.90. The van der Waals surface area contributed by atoms with E-state index in [0.29, 0.717) is 17.0 Å². The number of sulfone groups is 1. The zero-order chi connectivity index (χ0) is 15.5. The van der Waals surface area contributed by atoms with Crippen LogP contribution >= 0.6 is 0 Å². The Kier molecular flexibility index (Phi) is 4.28. The number of anilines is 1. The van der Waals surface area contributed by atoms with Crippen molar-refractivity contribution in [3.63, 3.8) is 0 Å². The summed E-state index contributed by atoms with van der Waals surface area (Å²) in [6.45, 7) is 0. The van der Waals surface area contributed by atoms with Gasteiger partial charge in [0.25, 0.3) is 5.91 Å². The van der Waals surface area contributed by atoms with Crippen molar-refractivity contribution < 1.29 is 17.9 Å². The minimum Gasteiger partial charge on any atom is -0.497 e. The predicted octanol–water partition coefficient (Wildman–Crippen LogP) is 2.35. The third-order valence-corrected chi connectivity index (χ3v) is 4.02. The first kappa shape index (κ1) is 15.1. The quantitative estimate of drug-likeness (QED) is 0.941. The molecule has 1 N–H and O–H groups in total. The van der Waals surface area contributed by atoms with Crippen LogP contribution < -0.4 is 10.1 Å². The average molecular weight is 305 g/mol. The summed E-state index contributed by atoms with van der Waals surface area (Å²) < 4.78 is 27.7. The van der Waals surface area contributed by atoms with Crippen LogP contribution in [0.4, 0.5) is 5.69 Å². The molecule has 5 nitrogen and oxygen atoms in total. The predicted molar refractivity (Wildman–Crippen MR) is 80.5 cm³/mol. The van der Waals surface area contributed by atoms with Crippen LogP contribution in [0.2, 0.25) is 0 Å². The summed E-state index contributed by atoms with van der Waals surface area (Å²) in [5, 5.41) is 2.72. The Bertz CT molecular complexity index is 734. The zero-order valence-corrected chi connectivity index (χ0v) is 12.5. The first-order valence-corrected chi connectivity index (χ1v) is 8.05. The van der Waals surface area contributed by atoms with E-state index in [-0.39, 0.29) is 10.8 Å². The Labute approximate surface area is 123 Å². The summed E-state index contributed by atoms with van der Waals surface area (Å²) in [5.74, 6) is 0.394. The molecule has 110 valence electrons. The molecule has 2 aromatic carbocycles. The van der Waals surface area contributed by atoms with Crippen molar-refractivity contribution in [3.8, 4) is 5.75 Å². The second kappa shape index (κ2) is 5.97. The Morgan fingerprint density at radius 1 is 1.00 bits per heavy atom. The largest absolute Gasteiger partial charge is 0.497 e. The van der Waals surface area contributed by atoms with Crippen LogP contribution in [-0.2, 0) is 9.84 Å². The number of hydrogen-bond acceptors (Lipinski definition) is 4. The van der Waals surface area contributed by atoms with Crippen LogP contribution in [0.3, 0.4) is 0 Å². The number of nitrogens with one attached hydrogen (secondary N) is 1. The third kappa shape index (κ3) is 3.82. The highest BCUT2D eigenvalue weighted by Gasteiger charge is 2.10. The van der Waals surface area contributed by atoms with E-state index in [0.717, 1.165) is 6.26 Å². The van der Waals surface area contributed by atoms with E-state index in [1.165, 1.54) is 24.3 Å². The van der Waals surface area contributed by atoms with Gasteiger partial charge in [0.1, 0.15) is 5.75 Å². The summed E-state index contributed by atoms with van der Waals surface area (Å²) in [6.07, 6.45) is 1.12. The molecule has 0 aliphatic heterocycles. The maximum Gasteiger partial charge on any atom is 0.255 e. The monoisotopic (exact) mass is 305 g/mol. The highest BCUT2D eigenvalue weighted by Crippen LogP contribution is 2.16. The van der Waals surface area contributed by atoms with Crippen molar-refractivity contribution in [3.05, 3.63) is 54.1 Å². The number of carbonyl (C=O) groups is 1. The van der Waals surface area contributed by atoms with Gasteiger partial charge < -0.3 is 10.1 Å². The molecule has 0 aliphatic rings. The second-order valence-electron chi connectivity index (χ2n) is 4.48. The molecule has 0 saturated heterocycles. The lowest BCUT2D eigenvalue weighted by molar-refractivity contribution is 0.102. The number of ether oxygens (including phenoxy) is 1. The Morgan fingerprint density at radius 2 is 1.57 bits per heavy atom. The summed E-state index contributed by atoms with van der Waals surface area (Å²) >= 11 is 0. The van der Waals surface area contributed by atoms with Crippen molar-refractivity contribution in [2.24, 2.45) is 0 Å². The van der Waals surface area contributed by atoms with Gasteiger partial charge in [-0.2, -0.15) is 0 Å². The number of benzene rings is 2. The standard InChI is InChI=1S/C15H15NO4S/c1-20-13-7-5-12(6-8-13)16-15(17)11-3-9-14(10-4-11)21(2,18)19/h3-10H,1-2H3,(H,16,17). The van der Waals surface area contributed by atoms with Crippen LogP contribution in [-0.4, -0.2) is 27.7 Å². The molecule has 0 unspecified atom stereocenters. The smallest absolute Gasteiger partial charge is 0.255 e. The summed E-state index contributed by atoms with van der Waals surface area (Å²) in [5.41, 5.74) is 1.02. The number of hydrogen-bond donors (Lipinski definition) is 1. The highest BCUT2D eigenvalue weighted by atomic mass is 32.2. The van der Waals surface area contributed by atoms with Crippen molar-refractivity contribution >= 4 is 21.4 Å². The lowest BCUT2D eigenvalue weighted by Gasteiger charge is -2.07. The molecule has 0 aliphatic carbocycles. The second-order valence-corrected chi connectivity index (χ2v) is 6.49. The molecule has 0 radical (unpaired) electrons. The van der Waals surface area contributed by atoms with Crippen LogP contribution in [0.25, 0.3) is 0 Å². The van der Waals surface area contributed by atoms with E-state index in [1.54, 1.807) is 31.4 Å². The molecule has 0 fully saturated rings. The molecular formula is C15H15NO4S. The topological polar surface area (TPSA) is 72.5 Å². The van der Waals surface area contributed by atoms with E-state index in [4.69, 9.17) is 4.74 Å². The van der Waals surface area contributed by atoms with Gasteiger partial charge in [-0.25, -0.2) is 8.42 Å². The molecule has 1 amide bonds. The molecule has 0 bridgehead atoms. The molecule has 6 heteroatoms. The maximum absolute atomic E-state index is 12.0. The normalized spacial score (nSPS) is 11.0. The number of methoxy groups -OCH3 is 1. The third-order valence-electron chi connectivity index (χ3n) is 2.89. The van der Waals surface area contributed by atoms with Gasteiger partial charge >= 0.3 is 0 Å². The van der Waals surface area contributed by atoms with E-state index in [2.05, 4.69) is 5.32 Å². The van der Waals surface area contributed by atoms with Crippen molar-refractivity contribution in [2.75, 3.05) is 18.7 Å². The lowest BCUT2D eigenvalue weighted by Crippen LogP contribution is -2.12. The lowest BCUT2D eigenvalue weighted by atomic mass is 10.2. The van der Waals surface area contributed by atoms with Crippen LogP contribution in [0.15, 0.2) is 53.4 Å². The summed E-state index contributed by atoms with van der Waals surface area (Å²) in [7, 11) is -1.69. The van der Waals surface area contributed by atoms with Crippen molar-refractivity contribution in [2.45, 2.75) is 4.90 Å². The SMILES string of the molecule is COc1ccc(NC(=O)c2ccc(S(C)(=O)=O)cc2)cc1. The molecular weight excluding hydrogens is 290 g/mol. The summed E-state index contributed by atoms with van der Waals surface area (Å²) in [4.78, 5) is 12.2. The fraction of sp³-hybridized carbons (Fsp3) is 0.133. The van der Waals surface area contributed by atoms with Gasteiger partial charge in [-0.05, 0) is 48.5 Å². The van der Waals surface area contributed by atoms with Crippen LogP contribution in [0.5, 0.6) is 5.75 Å². The molecule has 2 aromatic rings. The van der Waals surface area contributed by atoms with Gasteiger partial charge in [0, 0.05) is 17.5 Å². The zero-order valence-electron chi connectivity index (χ0n) is 11.7. The van der Waals surface area contributed by atoms with Crippen LogP contribution in [0, 0.1) is 0 Å². The molecule has 0 saturated carbocycles. The van der Waals surface area contributed by atoms with E-state index >= 15 is 0 Å². The van der Waals surface area contributed by atoms with E-state index in [9.17, 15) is 13.2 Å². The van der Waals surface area contributed by atoms with Gasteiger partial charge in [-0.15, -0.1) is 0 Å². The number of rotatable bonds is 4. The molecule has 0 atom stereocenters. The molecule has 21 heavy (non-hydrogen) atoms. The summed E-state index contributed by atoms with van der Waals surface area (Å²) in [6, 6.07) is 12.7. The number of carbonyl (C=O) groups excluding carboxylic acids is 1. The van der Waals surface area contributed by atoms with Crippen LogP contribution in [0.1, 0.15) is 10.4 Å². The van der Waals surface area contributed by atoms with Gasteiger partial charge in [0.2, 0.25) is 0 Å². The Balaban J connectivity index is 2.12. The highest BCUT2D eigenvalue weighted by molar-refractivity contribution is 7.90. The van der Waals surface area contributed by atoms with Gasteiger partial charge in [-0.1, -0.05) is 0 Å². The van der Waals surface area contributed by atoms with Gasteiger partial charge in [0.15, 0.2) is 9.84 Å². The molecule has 2 rings (SSSR count). The fourth-order valence-electron chi connectivity index (χ4n) is 1.73. The van der Waals surface area contributed by atoms with E-state index < -0.39 is 9.84 Å². The fourth-order valence-corrected chi connectivity index (χ4v) is 2.36. The van der Waals surface area contributed by atoms with Gasteiger partial charge in [0.05, 0.1) is 12.0 Å². The Morgan fingerprint density at radius 3 is 2.05 bits per heavy atom. The maximum atomic E-state index is 12.0. The van der Waals surface area contributed by atoms with Crippen molar-refractivity contribution in [1.29, 1.82) is 0 Å².